The Kier molecular flexibility index (Phi) is 4.14. The zero-order valence-electron chi connectivity index (χ0n) is 6.09. The van der Waals surface area contributed by atoms with E-state index in [0.717, 1.165) is 20.2 Å². The smallest absolute Gasteiger partial charge is 0.116 e. The minimum atomic E-state index is 0.640. The number of halogens is 2. The van der Waals surface area contributed by atoms with E-state index in [1.807, 2.05) is 0 Å². The Balaban J connectivity index is 3.25. The second kappa shape index (κ2) is 4.91. The molecule has 0 bridgehead atoms. The molecule has 12 heavy (non-hydrogen) atoms. The van der Waals surface area contributed by atoms with E-state index in [2.05, 4.69) is 61.2 Å². The zero-order chi connectivity index (χ0) is 8.97. The van der Waals surface area contributed by atoms with E-state index in [4.69, 9.17) is 5.26 Å². The molecule has 0 amide bonds. The van der Waals surface area contributed by atoms with Gasteiger partial charge in [-0.25, -0.2) is 9.97 Å². The molecule has 0 saturated carbocycles. The van der Waals surface area contributed by atoms with Gasteiger partial charge in [-0.05, 0) is 0 Å². The van der Waals surface area contributed by atoms with E-state index >= 15 is 0 Å². The lowest BCUT2D eigenvalue weighted by atomic mass is 10.2. The number of nitriles is 1. The fourth-order valence-corrected chi connectivity index (χ4v) is 1.95. The summed E-state index contributed by atoms with van der Waals surface area (Å²) in [7, 11) is 0. The van der Waals surface area contributed by atoms with Gasteiger partial charge in [0, 0.05) is 8.86 Å². The molecule has 0 aliphatic heterocycles. The van der Waals surface area contributed by atoms with Crippen LogP contribution in [0.15, 0.2) is 6.33 Å². The monoisotopic (exact) mass is 385 g/mol. The summed E-state index contributed by atoms with van der Waals surface area (Å²) in [6.07, 6.45) is 1.52. The lowest BCUT2D eigenvalue weighted by Gasteiger charge is -2.01. The van der Waals surface area contributed by atoms with Gasteiger partial charge in [0.1, 0.15) is 12.4 Å². The predicted molar refractivity (Wildman–Crippen MR) is 62.2 cm³/mol. The summed E-state index contributed by atoms with van der Waals surface area (Å²) in [5.41, 5.74) is 2.31. The first-order chi connectivity index (χ1) is 5.83. The van der Waals surface area contributed by atoms with Crippen LogP contribution < -0.4 is 0 Å². The average molecular weight is 385 g/mol. The summed E-state index contributed by atoms with van der Waals surface area (Å²) in [5, 5.41) is 8.82. The molecule has 0 aromatic carbocycles. The van der Waals surface area contributed by atoms with Gasteiger partial charge in [0.2, 0.25) is 0 Å². The first-order valence-electron chi connectivity index (χ1n) is 3.18. The Hall–Kier alpha value is 0.0300. The molecule has 3 nitrogen and oxygen atoms in total. The molecule has 0 fully saturated rings. The van der Waals surface area contributed by atoms with Crippen molar-refractivity contribution < 1.29 is 0 Å². The molecule has 0 atom stereocenters. The summed E-state index contributed by atoms with van der Waals surface area (Å²) < 4.78 is 1.51. The Bertz CT molecular complexity index is 297. The molecular weight excluding hydrogens is 380 g/mol. The molecule has 0 aliphatic carbocycles. The third kappa shape index (κ3) is 2.04. The molecule has 0 saturated heterocycles. The van der Waals surface area contributed by atoms with E-state index in [9.17, 15) is 0 Å². The second-order valence-corrected chi connectivity index (χ2v) is 3.55. The number of nitrogens with zero attached hydrogens (tertiary/aromatic N) is 3. The van der Waals surface area contributed by atoms with Crippen molar-refractivity contribution in [3.63, 3.8) is 0 Å². The lowest BCUT2D eigenvalue weighted by Crippen LogP contribution is -1.98. The van der Waals surface area contributed by atoms with Crippen LogP contribution in [0.3, 0.4) is 0 Å². The first-order valence-corrected chi connectivity index (χ1v) is 6.23. The van der Waals surface area contributed by atoms with Crippen LogP contribution in [0, 0.1) is 11.3 Å². The van der Waals surface area contributed by atoms with Crippen molar-refractivity contribution >= 4 is 45.2 Å². The van der Waals surface area contributed by atoms with Gasteiger partial charge in [0.25, 0.3) is 0 Å². The van der Waals surface area contributed by atoms with Crippen LogP contribution in [0.4, 0.5) is 0 Å². The molecule has 0 N–H and O–H groups in total. The van der Waals surface area contributed by atoms with Crippen molar-refractivity contribution in [3.8, 4) is 6.07 Å². The van der Waals surface area contributed by atoms with Gasteiger partial charge in [-0.2, -0.15) is 5.26 Å². The van der Waals surface area contributed by atoms with Gasteiger partial charge in [-0.15, -0.1) is 0 Å². The SMILES string of the molecule is N#Cc1c(CI)ncnc1CI. The van der Waals surface area contributed by atoms with Crippen LogP contribution in [0.2, 0.25) is 0 Å². The van der Waals surface area contributed by atoms with Gasteiger partial charge in [-0.1, -0.05) is 45.2 Å². The van der Waals surface area contributed by atoms with Gasteiger partial charge in [0.05, 0.1) is 17.0 Å². The largest absolute Gasteiger partial charge is 0.239 e. The van der Waals surface area contributed by atoms with Crippen LogP contribution >= 0.6 is 45.2 Å². The molecule has 1 rings (SSSR count). The van der Waals surface area contributed by atoms with Crippen molar-refractivity contribution in [1.29, 1.82) is 5.26 Å². The highest BCUT2D eigenvalue weighted by Gasteiger charge is 2.07. The number of hydrogen-bond donors (Lipinski definition) is 0. The van der Waals surface area contributed by atoms with Gasteiger partial charge < -0.3 is 0 Å². The summed E-state index contributed by atoms with van der Waals surface area (Å²) in [6.45, 7) is 0. The normalized spacial score (nSPS) is 9.42. The number of hydrogen-bond acceptors (Lipinski definition) is 3. The van der Waals surface area contributed by atoms with E-state index in [1.54, 1.807) is 0 Å². The van der Waals surface area contributed by atoms with Gasteiger partial charge in [0.15, 0.2) is 0 Å². The Morgan fingerprint density at radius 3 is 2.08 bits per heavy atom. The predicted octanol–water partition coefficient (Wildman–Crippen LogP) is 2.22. The minimum Gasteiger partial charge on any atom is -0.239 e. The molecule has 0 spiro atoms. The number of rotatable bonds is 2. The summed E-state index contributed by atoms with van der Waals surface area (Å²) >= 11 is 4.38. The molecule has 1 aromatic rings. The van der Waals surface area contributed by atoms with E-state index in [1.165, 1.54) is 6.33 Å². The van der Waals surface area contributed by atoms with Gasteiger partial charge in [-0.3, -0.25) is 0 Å². The summed E-state index contributed by atoms with van der Waals surface area (Å²) in [5.74, 6) is 0. The van der Waals surface area contributed by atoms with Crippen molar-refractivity contribution in [2.75, 3.05) is 0 Å². The lowest BCUT2D eigenvalue weighted by molar-refractivity contribution is 1.03. The van der Waals surface area contributed by atoms with Crippen molar-refractivity contribution in [1.82, 2.24) is 9.97 Å². The maximum atomic E-state index is 8.82. The van der Waals surface area contributed by atoms with Crippen LogP contribution in [-0.2, 0) is 8.86 Å². The molecular formula is C7H5I2N3. The molecule has 0 unspecified atom stereocenters. The van der Waals surface area contributed by atoms with Gasteiger partial charge >= 0.3 is 0 Å². The third-order valence-corrected chi connectivity index (χ3v) is 2.81. The molecule has 62 valence electrons. The van der Waals surface area contributed by atoms with Crippen molar-refractivity contribution in [2.24, 2.45) is 0 Å². The molecule has 0 radical (unpaired) electrons. The fraction of sp³-hybridized carbons (Fsp3) is 0.286. The first kappa shape index (κ1) is 10.1. The van der Waals surface area contributed by atoms with Crippen LogP contribution in [0.5, 0.6) is 0 Å². The van der Waals surface area contributed by atoms with E-state index in [-0.39, 0.29) is 0 Å². The highest BCUT2D eigenvalue weighted by molar-refractivity contribution is 14.1. The van der Waals surface area contributed by atoms with E-state index in [0.29, 0.717) is 5.56 Å². The minimum absolute atomic E-state index is 0.640. The summed E-state index contributed by atoms with van der Waals surface area (Å²) in [6, 6.07) is 2.13. The molecule has 1 heterocycles. The fourth-order valence-electron chi connectivity index (χ4n) is 0.796. The third-order valence-electron chi connectivity index (χ3n) is 1.37. The average Bonchev–Trinajstić information content (AvgIpc) is 2.16. The maximum absolute atomic E-state index is 8.82. The molecule has 1 aromatic heterocycles. The highest BCUT2D eigenvalue weighted by atomic mass is 127. The number of aromatic nitrogens is 2. The van der Waals surface area contributed by atoms with E-state index < -0.39 is 0 Å². The quantitative estimate of drug-likeness (QED) is 0.580. The second-order valence-electron chi connectivity index (χ2n) is 2.02. The van der Waals surface area contributed by atoms with Crippen molar-refractivity contribution in [2.45, 2.75) is 8.86 Å². The standard InChI is InChI=1S/C7H5I2N3/c8-1-6-5(3-10)7(2-9)12-4-11-6/h4H,1-2H2. The highest BCUT2D eigenvalue weighted by Crippen LogP contribution is 2.14. The topological polar surface area (TPSA) is 49.6 Å². The Labute approximate surface area is 97.9 Å². The van der Waals surface area contributed by atoms with Crippen LogP contribution in [0.1, 0.15) is 17.0 Å². The molecule has 5 heteroatoms. The Morgan fingerprint density at radius 2 is 1.75 bits per heavy atom. The Morgan fingerprint density at radius 1 is 1.25 bits per heavy atom. The number of alkyl halides is 2. The molecule has 0 aliphatic rings. The van der Waals surface area contributed by atoms with Crippen LogP contribution in [-0.4, -0.2) is 9.97 Å². The zero-order valence-corrected chi connectivity index (χ0v) is 10.4. The van der Waals surface area contributed by atoms with Crippen molar-refractivity contribution in [3.05, 3.63) is 23.3 Å². The van der Waals surface area contributed by atoms with Crippen LogP contribution in [0.25, 0.3) is 0 Å². The maximum Gasteiger partial charge on any atom is 0.116 e. The summed E-state index contributed by atoms with van der Waals surface area (Å²) in [4.78, 5) is 8.06.